The second-order valence-corrected chi connectivity index (χ2v) is 3.76. The lowest BCUT2D eigenvalue weighted by atomic mass is 10.0. The molecular weight excluding hydrogens is 216 g/mol. The fourth-order valence-electron chi connectivity index (χ4n) is 1.89. The Hall–Kier alpha value is -1.71. The van der Waals surface area contributed by atoms with Crippen LogP contribution in [0.3, 0.4) is 0 Å². The molecule has 0 bridgehead atoms. The smallest absolute Gasteiger partial charge is 0.252 e. The van der Waals surface area contributed by atoms with Gasteiger partial charge < -0.3 is 9.47 Å². The van der Waals surface area contributed by atoms with Gasteiger partial charge in [-0.3, -0.25) is 4.79 Å². The zero-order valence-corrected chi connectivity index (χ0v) is 9.84. The van der Waals surface area contributed by atoms with E-state index in [0.29, 0.717) is 11.8 Å². The summed E-state index contributed by atoms with van der Waals surface area (Å²) < 4.78 is 10.4. The minimum absolute atomic E-state index is 0.664. The van der Waals surface area contributed by atoms with Crippen LogP contribution in [0.1, 0.15) is 5.56 Å². The van der Waals surface area contributed by atoms with Crippen LogP contribution < -0.4 is 0 Å². The highest BCUT2D eigenvalue weighted by Gasteiger charge is 2.31. The zero-order chi connectivity index (χ0) is 12.3. The molecule has 0 heterocycles. The molecule has 2 aromatic rings. The van der Waals surface area contributed by atoms with Crippen molar-refractivity contribution in [1.82, 2.24) is 0 Å². The Morgan fingerprint density at radius 1 is 1.00 bits per heavy atom. The van der Waals surface area contributed by atoms with Crippen molar-refractivity contribution in [2.75, 3.05) is 14.2 Å². The predicted molar refractivity (Wildman–Crippen MR) is 65.7 cm³/mol. The van der Waals surface area contributed by atoms with Gasteiger partial charge in [0.05, 0.1) is 0 Å². The second-order valence-electron chi connectivity index (χ2n) is 3.76. The van der Waals surface area contributed by atoms with Crippen molar-refractivity contribution in [3.05, 3.63) is 48.0 Å². The van der Waals surface area contributed by atoms with Crippen LogP contribution in [0.15, 0.2) is 42.5 Å². The lowest BCUT2D eigenvalue weighted by Gasteiger charge is -2.25. The number of hydrogen-bond donors (Lipinski definition) is 0. The van der Waals surface area contributed by atoms with E-state index >= 15 is 0 Å². The molecule has 0 spiro atoms. The predicted octanol–water partition coefficient (Wildman–Crippen LogP) is 2.48. The summed E-state index contributed by atoms with van der Waals surface area (Å²) in [7, 11) is 2.90. The van der Waals surface area contributed by atoms with Gasteiger partial charge in [0.25, 0.3) is 5.79 Å². The van der Waals surface area contributed by atoms with Gasteiger partial charge in [0.1, 0.15) is 0 Å². The van der Waals surface area contributed by atoms with Crippen molar-refractivity contribution in [2.45, 2.75) is 5.79 Å². The molecule has 0 aliphatic rings. The first-order valence-electron chi connectivity index (χ1n) is 5.31. The van der Waals surface area contributed by atoms with E-state index in [1.807, 2.05) is 42.5 Å². The molecule has 0 radical (unpaired) electrons. The molecule has 0 aliphatic carbocycles. The lowest BCUT2D eigenvalue weighted by Crippen LogP contribution is -2.32. The maximum absolute atomic E-state index is 11.2. The Morgan fingerprint density at radius 2 is 1.65 bits per heavy atom. The monoisotopic (exact) mass is 230 g/mol. The van der Waals surface area contributed by atoms with E-state index in [1.54, 1.807) is 0 Å². The maximum atomic E-state index is 11.2. The van der Waals surface area contributed by atoms with Crippen LogP contribution >= 0.6 is 0 Å². The van der Waals surface area contributed by atoms with Gasteiger partial charge in [0.2, 0.25) is 0 Å². The van der Waals surface area contributed by atoms with Crippen LogP contribution in [0.5, 0.6) is 0 Å². The summed E-state index contributed by atoms with van der Waals surface area (Å²) in [6.45, 7) is 0. The molecule has 0 fully saturated rings. The highest BCUT2D eigenvalue weighted by molar-refractivity contribution is 5.84. The minimum Gasteiger partial charge on any atom is -0.344 e. The summed E-state index contributed by atoms with van der Waals surface area (Å²) in [6, 6.07) is 13.6. The first-order valence-corrected chi connectivity index (χ1v) is 5.31. The van der Waals surface area contributed by atoms with Crippen LogP contribution in [-0.2, 0) is 20.1 Å². The number of aldehydes is 1. The Labute approximate surface area is 100.0 Å². The van der Waals surface area contributed by atoms with Gasteiger partial charge >= 0.3 is 0 Å². The number of rotatable bonds is 4. The fourth-order valence-corrected chi connectivity index (χ4v) is 1.89. The van der Waals surface area contributed by atoms with E-state index in [0.717, 1.165) is 10.8 Å². The summed E-state index contributed by atoms with van der Waals surface area (Å²) in [4.78, 5) is 11.2. The van der Waals surface area contributed by atoms with Crippen LogP contribution in [0.4, 0.5) is 0 Å². The molecule has 0 saturated carbocycles. The minimum atomic E-state index is -1.32. The molecule has 0 aromatic heterocycles. The summed E-state index contributed by atoms with van der Waals surface area (Å²) in [6.07, 6.45) is 0.664. The molecule has 3 heteroatoms. The molecule has 0 atom stereocenters. The summed E-state index contributed by atoms with van der Waals surface area (Å²) >= 11 is 0. The van der Waals surface area contributed by atoms with Crippen molar-refractivity contribution in [3.8, 4) is 0 Å². The van der Waals surface area contributed by atoms with Crippen molar-refractivity contribution in [2.24, 2.45) is 0 Å². The number of carbonyl (C=O) groups excluding carboxylic acids is 1. The van der Waals surface area contributed by atoms with Crippen LogP contribution in [0.2, 0.25) is 0 Å². The average Bonchev–Trinajstić information content (AvgIpc) is 2.41. The molecule has 0 aliphatic heterocycles. The lowest BCUT2D eigenvalue weighted by molar-refractivity contribution is -0.201. The van der Waals surface area contributed by atoms with Gasteiger partial charge in [0.15, 0.2) is 6.29 Å². The Kier molecular flexibility index (Phi) is 3.22. The molecule has 17 heavy (non-hydrogen) atoms. The zero-order valence-electron chi connectivity index (χ0n) is 9.84. The molecule has 0 amide bonds. The topological polar surface area (TPSA) is 35.5 Å². The molecule has 88 valence electrons. The van der Waals surface area contributed by atoms with E-state index in [-0.39, 0.29) is 0 Å². The summed E-state index contributed by atoms with van der Waals surface area (Å²) in [5.74, 6) is -1.32. The first kappa shape index (κ1) is 11.8. The third kappa shape index (κ3) is 1.95. The van der Waals surface area contributed by atoms with Crippen LogP contribution in [0, 0.1) is 0 Å². The summed E-state index contributed by atoms with van der Waals surface area (Å²) in [5, 5.41) is 2.16. The molecule has 2 rings (SSSR count). The third-order valence-corrected chi connectivity index (χ3v) is 2.91. The van der Waals surface area contributed by atoms with E-state index in [9.17, 15) is 4.79 Å². The SMILES string of the molecule is COC(C=O)(OC)c1ccc2ccccc2c1. The van der Waals surface area contributed by atoms with E-state index in [4.69, 9.17) is 9.47 Å². The molecule has 0 unspecified atom stereocenters. The van der Waals surface area contributed by atoms with E-state index < -0.39 is 5.79 Å². The van der Waals surface area contributed by atoms with Crippen molar-refractivity contribution >= 4 is 17.1 Å². The number of ether oxygens (including phenoxy) is 2. The number of methoxy groups -OCH3 is 2. The average molecular weight is 230 g/mol. The third-order valence-electron chi connectivity index (χ3n) is 2.91. The van der Waals surface area contributed by atoms with Gasteiger partial charge in [-0.2, -0.15) is 0 Å². The van der Waals surface area contributed by atoms with Crippen LogP contribution in [-0.4, -0.2) is 20.5 Å². The highest BCUT2D eigenvalue weighted by Crippen LogP contribution is 2.27. The fraction of sp³-hybridized carbons (Fsp3) is 0.214. The number of carbonyl (C=O) groups is 1. The Balaban J connectivity index is 2.58. The van der Waals surface area contributed by atoms with Gasteiger partial charge in [-0.05, 0) is 16.8 Å². The highest BCUT2D eigenvalue weighted by atomic mass is 16.7. The number of fused-ring (bicyclic) bond motifs is 1. The Bertz CT molecular complexity index is 530. The second kappa shape index (κ2) is 4.65. The van der Waals surface area contributed by atoms with Gasteiger partial charge in [-0.1, -0.05) is 36.4 Å². The Morgan fingerprint density at radius 3 is 2.24 bits per heavy atom. The van der Waals surface area contributed by atoms with Gasteiger partial charge in [-0.15, -0.1) is 0 Å². The molecular formula is C14H14O3. The largest absolute Gasteiger partial charge is 0.344 e. The van der Waals surface area contributed by atoms with E-state index in [2.05, 4.69) is 0 Å². The van der Waals surface area contributed by atoms with Gasteiger partial charge in [0, 0.05) is 19.8 Å². The van der Waals surface area contributed by atoms with Crippen LogP contribution in [0.25, 0.3) is 10.8 Å². The summed E-state index contributed by atoms with van der Waals surface area (Å²) in [5.41, 5.74) is 0.691. The molecule has 3 nitrogen and oxygen atoms in total. The first-order chi connectivity index (χ1) is 8.25. The van der Waals surface area contributed by atoms with Crippen molar-refractivity contribution < 1.29 is 14.3 Å². The standard InChI is InChI=1S/C14H14O3/c1-16-14(10-15,17-2)13-8-7-11-5-3-4-6-12(11)9-13/h3-10H,1-2H3. The van der Waals surface area contributed by atoms with Crippen molar-refractivity contribution in [1.29, 1.82) is 0 Å². The molecule has 0 N–H and O–H groups in total. The van der Waals surface area contributed by atoms with E-state index in [1.165, 1.54) is 14.2 Å². The molecule has 2 aromatic carbocycles. The maximum Gasteiger partial charge on any atom is 0.252 e. The molecule has 0 saturated heterocycles. The van der Waals surface area contributed by atoms with Crippen molar-refractivity contribution in [3.63, 3.8) is 0 Å². The normalized spacial score (nSPS) is 11.6. The number of benzene rings is 2. The quantitative estimate of drug-likeness (QED) is 0.598. The number of hydrogen-bond acceptors (Lipinski definition) is 3. The van der Waals surface area contributed by atoms with Gasteiger partial charge in [-0.25, -0.2) is 0 Å².